The average molecular weight is 464 g/mol. The summed E-state index contributed by atoms with van der Waals surface area (Å²) in [5.74, 6) is -0.434. The topological polar surface area (TPSA) is 50.1 Å². The van der Waals surface area contributed by atoms with Crippen molar-refractivity contribution in [2.45, 2.75) is 12.6 Å². The number of nitrogens with zero attached hydrogens (tertiary/aromatic N) is 6. The monoisotopic (exact) mass is 464 g/mol. The van der Waals surface area contributed by atoms with Gasteiger partial charge in [-0.15, -0.1) is 5.10 Å². The molecule has 0 radical (unpaired) electrons. The maximum atomic E-state index is 15.0. The highest BCUT2D eigenvalue weighted by Crippen LogP contribution is 2.31. The van der Waals surface area contributed by atoms with Crippen molar-refractivity contribution < 1.29 is 13.2 Å². The van der Waals surface area contributed by atoms with Crippen molar-refractivity contribution in [1.82, 2.24) is 25.1 Å². The van der Waals surface area contributed by atoms with Gasteiger partial charge in [-0.25, -0.2) is 17.9 Å². The summed E-state index contributed by atoms with van der Waals surface area (Å²) in [4.78, 5) is 4.11. The van der Waals surface area contributed by atoms with Gasteiger partial charge in [0.2, 0.25) is 0 Å². The first kappa shape index (κ1) is 22.1. The standard InChI is InChI=1S/C25H23F3N6/c26-19-11-9-18(10-12-19)17-34-25(29-30-31-34)24(20-5-1-2-6-21(20)27)33-15-13-32(14-16-33)23-8-4-3-7-22(23)28/h1-12,24H,13-17H2. The van der Waals surface area contributed by atoms with E-state index in [-0.39, 0.29) is 17.5 Å². The second kappa shape index (κ2) is 9.64. The molecule has 0 aliphatic carbocycles. The summed E-state index contributed by atoms with van der Waals surface area (Å²) in [6.07, 6.45) is 0. The van der Waals surface area contributed by atoms with Crippen LogP contribution in [0, 0.1) is 17.5 Å². The lowest BCUT2D eigenvalue weighted by Crippen LogP contribution is -2.48. The summed E-state index contributed by atoms with van der Waals surface area (Å²) >= 11 is 0. The Hall–Kier alpha value is -3.72. The Labute approximate surface area is 195 Å². The Balaban J connectivity index is 1.44. The van der Waals surface area contributed by atoms with Gasteiger partial charge in [-0.1, -0.05) is 42.5 Å². The number of aromatic nitrogens is 4. The highest BCUT2D eigenvalue weighted by molar-refractivity contribution is 5.48. The zero-order valence-electron chi connectivity index (χ0n) is 18.4. The molecule has 0 spiro atoms. The Morgan fingerprint density at radius 1 is 0.765 bits per heavy atom. The zero-order chi connectivity index (χ0) is 23.5. The maximum absolute atomic E-state index is 15.0. The Bertz CT molecular complexity index is 1250. The van der Waals surface area contributed by atoms with Crippen LogP contribution in [-0.4, -0.2) is 51.3 Å². The summed E-state index contributed by atoms with van der Waals surface area (Å²) in [5, 5.41) is 12.3. The minimum atomic E-state index is -0.528. The SMILES string of the molecule is Fc1ccc(Cn2nnnc2C(c2ccccc2F)N2CCN(c3ccccc3F)CC2)cc1. The van der Waals surface area contributed by atoms with Crippen molar-refractivity contribution in [1.29, 1.82) is 0 Å². The van der Waals surface area contributed by atoms with Gasteiger partial charge in [0.15, 0.2) is 5.82 Å². The number of halogens is 3. The quantitative estimate of drug-likeness (QED) is 0.431. The Kier molecular flexibility index (Phi) is 6.27. The van der Waals surface area contributed by atoms with Gasteiger partial charge in [-0.2, -0.15) is 0 Å². The van der Waals surface area contributed by atoms with E-state index in [1.807, 2.05) is 11.0 Å². The van der Waals surface area contributed by atoms with Crippen LogP contribution in [-0.2, 0) is 6.54 Å². The number of tetrazole rings is 1. The van der Waals surface area contributed by atoms with Gasteiger partial charge in [0.1, 0.15) is 23.5 Å². The van der Waals surface area contributed by atoms with E-state index < -0.39 is 6.04 Å². The van der Waals surface area contributed by atoms with Gasteiger partial charge in [-0.3, -0.25) is 4.90 Å². The van der Waals surface area contributed by atoms with E-state index in [1.54, 1.807) is 47.1 Å². The molecule has 34 heavy (non-hydrogen) atoms. The van der Waals surface area contributed by atoms with E-state index in [2.05, 4.69) is 20.4 Å². The van der Waals surface area contributed by atoms with Crippen molar-refractivity contribution in [2.75, 3.05) is 31.1 Å². The van der Waals surface area contributed by atoms with E-state index in [9.17, 15) is 13.2 Å². The number of para-hydroxylation sites is 1. The highest BCUT2D eigenvalue weighted by atomic mass is 19.1. The smallest absolute Gasteiger partial charge is 0.173 e. The first-order chi connectivity index (χ1) is 16.6. The third-order valence-electron chi connectivity index (χ3n) is 6.12. The fraction of sp³-hybridized carbons (Fsp3) is 0.240. The van der Waals surface area contributed by atoms with Gasteiger partial charge < -0.3 is 4.90 Å². The van der Waals surface area contributed by atoms with Crippen molar-refractivity contribution in [3.8, 4) is 0 Å². The van der Waals surface area contributed by atoms with Crippen LogP contribution >= 0.6 is 0 Å². The third-order valence-corrected chi connectivity index (χ3v) is 6.12. The van der Waals surface area contributed by atoms with E-state index in [4.69, 9.17) is 0 Å². The number of benzene rings is 3. The molecule has 174 valence electrons. The molecular weight excluding hydrogens is 441 g/mol. The first-order valence-corrected chi connectivity index (χ1v) is 11.1. The van der Waals surface area contributed by atoms with E-state index >= 15 is 0 Å². The zero-order valence-corrected chi connectivity index (χ0v) is 18.4. The summed E-state index contributed by atoms with van der Waals surface area (Å²) in [6, 6.07) is 18.9. The predicted molar refractivity (Wildman–Crippen MR) is 122 cm³/mol. The van der Waals surface area contributed by atoms with Crippen LogP contribution in [0.3, 0.4) is 0 Å². The highest BCUT2D eigenvalue weighted by Gasteiger charge is 2.32. The van der Waals surface area contributed by atoms with Crippen molar-refractivity contribution in [3.63, 3.8) is 0 Å². The van der Waals surface area contributed by atoms with E-state index in [0.29, 0.717) is 49.8 Å². The van der Waals surface area contributed by atoms with Crippen LogP contribution in [0.15, 0.2) is 72.8 Å². The van der Waals surface area contributed by atoms with Gasteiger partial charge >= 0.3 is 0 Å². The molecular formula is C25H23F3N6. The molecule has 0 amide bonds. The molecule has 1 aromatic heterocycles. The number of hydrogen-bond acceptors (Lipinski definition) is 5. The second-order valence-corrected chi connectivity index (χ2v) is 8.22. The second-order valence-electron chi connectivity index (χ2n) is 8.22. The fourth-order valence-electron chi connectivity index (χ4n) is 4.41. The van der Waals surface area contributed by atoms with Crippen LogP contribution in [0.4, 0.5) is 18.9 Å². The molecule has 2 heterocycles. The molecule has 9 heteroatoms. The molecule has 1 unspecified atom stereocenters. The molecule has 1 aliphatic rings. The van der Waals surface area contributed by atoms with Gasteiger partial charge in [0, 0.05) is 31.7 Å². The lowest BCUT2D eigenvalue weighted by atomic mass is 10.0. The Morgan fingerprint density at radius 2 is 1.44 bits per heavy atom. The molecule has 0 bridgehead atoms. The normalized spacial score (nSPS) is 15.4. The molecule has 3 aromatic carbocycles. The lowest BCUT2D eigenvalue weighted by Gasteiger charge is -2.40. The summed E-state index contributed by atoms with van der Waals surface area (Å²) in [7, 11) is 0. The molecule has 1 aliphatic heterocycles. The Morgan fingerprint density at radius 3 is 2.15 bits per heavy atom. The fourth-order valence-corrected chi connectivity index (χ4v) is 4.41. The number of anilines is 1. The molecule has 1 saturated heterocycles. The summed E-state index contributed by atoms with van der Waals surface area (Å²) in [5.41, 5.74) is 1.86. The van der Waals surface area contributed by atoms with Crippen molar-refractivity contribution >= 4 is 5.69 Å². The van der Waals surface area contributed by atoms with Crippen LogP contribution in [0.1, 0.15) is 23.0 Å². The molecule has 1 fully saturated rings. The van der Waals surface area contributed by atoms with Crippen LogP contribution in [0.2, 0.25) is 0 Å². The molecule has 6 nitrogen and oxygen atoms in total. The lowest BCUT2D eigenvalue weighted by molar-refractivity contribution is 0.197. The predicted octanol–water partition coefficient (Wildman–Crippen LogP) is 4.05. The number of rotatable bonds is 6. The number of piperazine rings is 1. The van der Waals surface area contributed by atoms with E-state index in [0.717, 1.165) is 5.56 Å². The number of hydrogen-bond donors (Lipinski definition) is 0. The molecule has 0 N–H and O–H groups in total. The summed E-state index contributed by atoms with van der Waals surface area (Å²) in [6.45, 7) is 2.60. The van der Waals surface area contributed by atoms with Gasteiger partial charge in [-0.05, 0) is 46.3 Å². The largest absolute Gasteiger partial charge is 0.367 e. The van der Waals surface area contributed by atoms with Crippen LogP contribution < -0.4 is 4.90 Å². The molecule has 4 aromatic rings. The minimum absolute atomic E-state index is 0.259. The average Bonchev–Trinajstić information content (AvgIpc) is 3.30. The van der Waals surface area contributed by atoms with E-state index in [1.165, 1.54) is 24.3 Å². The maximum Gasteiger partial charge on any atom is 0.173 e. The van der Waals surface area contributed by atoms with Crippen LogP contribution in [0.25, 0.3) is 0 Å². The minimum Gasteiger partial charge on any atom is -0.367 e. The van der Waals surface area contributed by atoms with Gasteiger partial charge in [0.25, 0.3) is 0 Å². The third kappa shape index (κ3) is 4.51. The first-order valence-electron chi connectivity index (χ1n) is 11.1. The molecule has 1 atom stereocenters. The molecule has 5 rings (SSSR count). The van der Waals surface area contributed by atoms with Crippen molar-refractivity contribution in [2.24, 2.45) is 0 Å². The van der Waals surface area contributed by atoms with Gasteiger partial charge in [0.05, 0.1) is 12.2 Å². The van der Waals surface area contributed by atoms with Crippen LogP contribution in [0.5, 0.6) is 0 Å². The molecule has 0 saturated carbocycles. The van der Waals surface area contributed by atoms with Crippen molar-refractivity contribution in [3.05, 3.63) is 107 Å². The summed E-state index contributed by atoms with van der Waals surface area (Å²) < 4.78 is 44.2.